The average Bonchev–Trinajstić information content (AvgIpc) is 2.36. The molecule has 0 aliphatic heterocycles. The van der Waals surface area contributed by atoms with Crippen LogP contribution in [-0.2, 0) is 14.8 Å². The number of hydrogen-bond donors (Lipinski definition) is 2. The molecule has 0 saturated carbocycles. The zero-order chi connectivity index (χ0) is 15.3. The lowest BCUT2D eigenvalue weighted by Gasteiger charge is -2.16. The van der Waals surface area contributed by atoms with Crippen LogP contribution in [0.5, 0.6) is 5.75 Å². The molecule has 0 aliphatic rings. The third kappa shape index (κ3) is 4.52. The molecule has 0 aromatic heterocycles. The van der Waals surface area contributed by atoms with Crippen molar-refractivity contribution in [3.05, 3.63) is 22.7 Å². The fourth-order valence-corrected chi connectivity index (χ4v) is 2.53. The first-order valence-corrected chi connectivity index (χ1v) is 7.80. The number of terminal acetylenes is 1. The van der Waals surface area contributed by atoms with Gasteiger partial charge in [0.25, 0.3) is 5.91 Å². The van der Waals surface area contributed by atoms with E-state index in [0.717, 1.165) is 0 Å². The summed E-state index contributed by atoms with van der Waals surface area (Å²) in [7, 11) is -3.96. The molecule has 0 aliphatic carbocycles. The number of benzene rings is 1. The van der Waals surface area contributed by atoms with E-state index in [0.29, 0.717) is 4.47 Å². The summed E-state index contributed by atoms with van der Waals surface area (Å²) >= 11 is 3.14. The maximum Gasteiger partial charge on any atom is 0.261 e. The second-order valence-corrected chi connectivity index (χ2v) is 6.26. The third-order valence-electron chi connectivity index (χ3n) is 2.25. The Balaban J connectivity index is 2.99. The zero-order valence-electron chi connectivity index (χ0n) is 10.6. The maximum atomic E-state index is 11.6. The Morgan fingerprint density at radius 1 is 1.60 bits per heavy atom. The van der Waals surface area contributed by atoms with E-state index >= 15 is 0 Å². The fourth-order valence-electron chi connectivity index (χ4n) is 1.33. The van der Waals surface area contributed by atoms with Gasteiger partial charge in [-0.3, -0.25) is 4.79 Å². The van der Waals surface area contributed by atoms with Gasteiger partial charge in [-0.1, -0.05) is 21.9 Å². The van der Waals surface area contributed by atoms with Crippen LogP contribution in [0.15, 0.2) is 27.6 Å². The van der Waals surface area contributed by atoms with E-state index in [1.165, 1.54) is 19.1 Å². The quantitative estimate of drug-likeness (QED) is 0.751. The van der Waals surface area contributed by atoms with Crippen LogP contribution in [-0.4, -0.2) is 27.0 Å². The molecule has 0 saturated heterocycles. The van der Waals surface area contributed by atoms with E-state index in [1.807, 2.05) is 0 Å². The first-order valence-electron chi connectivity index (χ1n) is 5.46. The lowest BCUT2D eigenvalue weighted by atomic mass is 10.3. The van der Waals surface area contributed by atoms with E-state index in [1.54, 1.807) is 6.07 Å². The lowest BCUT2D eigenvalue weighted by molar-refractivity contribution is -0.127. The highest BCUT2D eigenvalue weighted by Crippen LogP contribution is 2.27. The number of nitrogens with one attached hydrogen (secondary N) is 1. The number of hydrogen-bond acceptors (Lipinski definition) is 4. The van der Waals surface area contributed by atoms with Crippen LogP contribution in [0.25, 0.3) is 0 Å². The molecule has 1 rings (SSSR count). The first kappa shape index (κ1) is 16.5. The van der Waals surface area contributed by atoms with Gasteiger partial charge in [0, 0.05) is 4.47 Å². The molecule has 6 nitrogen and oxygen atoms in total. The first-order chi connectivity index (χ1) is 9.25. The van der Waals surface area contributed by atoms with Crippen LogP contribution >= 0.6 is 15.9 Å². The van der Waals surface area contributed by atoms with Crippen LogP contribution in [0.4, 0.5) is 0 Å². The monoisotopic (exact) mass is 360 g/mol. The van der Waals surface area contributed by atoms with Crippen molar-refractivity contribution < 1.29 is 17.9 Å². The molecule has 0 fully saturated rings. The molecule has 8 heteroatoms. The second kappa shape index (κ2) is 6.74. The molecule has 1 unspecified atom stereocenters. The second-order valence-electron chi connectivity index (χ2n) is 3.82. The number of amides is 1. The topological polar surface area (TPSA) is 98.5 Å². The molecular formula is C12H13BrN2O4S. The molecule has 0 spiro atoms. The minimum atomic E-state index is -3.96. The van der Waals surface area contributed by atoms with Crippen molar-refractivity contribution in [2.24, 2.45) is 5.14 Å². The molecule has 0 bridgehead atoms. The van der Waals surface area contributed by atoms with Crippen molar-refractivity contribution in [2.75, 3.05) is 6.54 Å². The third-order valence-corrected chi connectivity index (χ3v) is 3.68. The molecule has 1 aromatic rings. The standard InChI is InChI=1S/C12H13BrN2O4S/c1-3-6-15-12(16)8(2)19-10-5-4-9(13)7-11(10)20(14,17)18/h1,4-5,7-8H,6H2,2H3,(H,15,16)(H2,14,17,18). The van der Waals surface area contributed by atoms with E-state index in [9.17, 15) is 13.2 Å². The number of sulfonamides is 1. The van der Waals surface area contributed by atoms with Gasteiger partial charge in [0.1, 0.15) is 10.6 Å². The van der Waals surface area contributed by atoms with Crippen LogP contribution in [0.1, 0.15) is 6.92 Å². The Morgan fingerprint density at radius 3 is 2.80 bits per heavy atom. The number of halogens is 1. The van der Waals surface area contributed by atoms with Gasteiger partial charge < -0.3 is 10.1 Å². The van der Waals surface area contributed by atoms with Gasteiger partial charge in [-0.05, 0) is 25.1 Å². The van der Waals surface area contributed by atoms with E-state index in [4.69, 9.17) is 16.3 Å². The largest absolute Gasteiger partial charge is 0.479 e. The predicted octanol–water partition coefficient (Wildman–Crippen LogP) is 0.613. The summed E-state index contributed by atoms with van der Waals surface area (Å²) < 4.78 is 28.8. The van der Waals surface area contributed by atoms with Crippen LogP contribution in [0, 0.1) is 12.3 Å². The number of ether oxygens (including phenoxy) is 1. The van der Waals surface area contributed by atoms with Crippen LogP contribution < -0.4 is 15.2 Å². The van der Waals surface area contributed by atoms with Gasteiger partial charge in [0.2, 0.25) is 10.0 Å². The summed E-state index contributed by atoms with van der Waals surface area (Å²) in [6, 6.07) is 4.29. The molecule has 1 atom stereocenters. The van der Waals surface area contributed by atoms with Crippen molar-refractivity contribution in [3.63, 3.8) is 0 Å². The van der Waals surface area contributed by atoms with Gasteiger partial charge in [-0.15, -0.1) is 6.42 Å². The van der Waals surface area contributed by atoms with Gasteiger partial charge in [0.15, 0.2) is 6.10 Å². The van der Waals surface area contributed by atoms with Crippen molar-refractivity contribution >= 4 is 31.9 Å². The fraction of sp³-hybridized carbons (Fsp3) is 0.250. The normalized spacial score (nSPS) is 12.3. The minimum absolute atomic E-state index is 0.000873. The Morgan fingerprint density at radius 2 is 2.25 bits per heavy atom. The average molecular weight is 361 g/mol. The SMILES string of the molecule is C#CCNC(=O)C(C)Oc1ccc(Br)cc1S(N)(=O)=O. The molecular weight excluding hydrogens is 348 g/mol. The number of rotatable bonds is 5. The predicted molar refractivity (Wildman–Crippen MR) is 77.4 cm³/mol. The molecule has 108 valence electrons. The molecule has 20 heavy (non-hydrogen) atoms. The number of carbonyl (C=O) groups excluding carboxylic acids is 1. The van der Waals surface area contributed by atoms with Crippen molar-refractivity contribution in [1.29, 1.82) is 0 Å². The van der Waals surface area contributed by atoms with Crippen molar-refractivity contribution in [2.45, 2.75) is 17.9 Å². The van der Waals surface area contributed by atoms with Crippen LogP contribution in [0.2, 0.25) is 0 Å². The highest BCUT2D eigenvalue weighted by Gasteiger charge is 2.20. The van der Waals surface area contributed by atoms with Gasteiger partial charge in [-0.25, -0.2) is 13.6 Å². The minimum Gasteiger partial charge on any atom is -0.479 e. The number of primary sulfonamides is 1. The van der Waals surface area contributed by atoms with Gasteiger partial charge >= 0.3 is 0 Å². The summed E-state index contributed by atoms with van der Waals surface area (Å²) in [6.45, 7) is 1.54. The van der Waals surface area contributed by atoms with E-state index in [2.05, 4.69) is 27.2 Å². The highest BCUT2D eigenvalue weighted by molar-refractivity contribution is 9.10. The number of carbonyl (C=O) groups is 1. The summed E-state index contributed by atoms with van der Waals surface area (Å²) in [4.78, 5) is 11.4. The Kier molecular flexibility index (Phi) is 5.56. The summed E-state index contributed by atoms with van der Waals surface area (Å²) in [6.07, 6.45) is 4.11. The number of nitrogens with two attached hydrogens (primary N) is 1. The van der Waals surface area contributed by atoms with Crippen LogP contribution in [0.3, 0.4) is 0 Å². The summed E-state index contributed by atoms with van der Waals surface area (Å²) in [5.74, 6) is 1.80. The van der Waals surface area contributed by atoms with Crippen molar-refractivity contribution in [3.8, 4) is 18.1 Å². The maximum absolute atomic E-state index is 11.6. The van der Waals surface area contributed by atoms with Gasteiger partial charge in [-0.2, -0.15) is 0 Å². The molecule has 0 radical (unpaired) electrons. The van der Waals surface area contributed by atoms with E-state index in [-0.39, 0.29) is 17.2 Å². The molecule has 3 N–H and O–H groups in total. The Labute approximate surface area is 125 Å². The summed E-state index contributed by atoms with van der Waals surface area (Å²) in [5.41, 5.74) is 0. The molecule has 1 amide bonds. The Hall–Kier alpha value is -1.56. The molecule has 1 aromatic carbocycles. The smallest absolute Gasteiger partial charge is 0.261 e. The molecule has 0 heterocycles. The Bertz CT molecular complexity index is 652. The van der Waals surface area contributed by atoms with Gasteiger partial charge in [0.05, 0.1) is 6.54 Å². The zero-order valence-corrected chi connectivity index (χ0v) is 13.0. The lowest BCUT2D eigenvalue weighted by Crippen LogP contribution is -2.36. The van der Waals surface area contributed by atoms with Crippen molar-refractivity contribution in [1.82, 2.24) is 5.32 Å². The summed E-state index contributed by atoms with van der Waals surface area (Å²) in [5, 5.41) is 7.53. The van der Waals surface area contributed by atoms with E-state index < -0.39 is 22.0 Å². The highest BCUT2D eigenvalue weighted by atomic mass is 79.9.